The van der Waals surface area contributed by atoms with E-state index in [-0.39, 0.29) is 11.7 Å². The molecule has 1 aliphatic heterocycles. The Morgan fingerprint density at radius 2 is 1.87 bits per heavy atom. The predicted molar refractivity (Wildman–Crippen MR) is 113 cm³/mol. The Morgan fingerprint density at radius 3 is 2.52 bits per heavy atom. The molecule has 166 valence electrons. The van der Waals surface area contributed by atoms with Gasteiger partial charge in [-0.15, -0.1) is 0 Å². The fourth-order valence-corrected chi connectivity index (χ4v) is 3.46. The Balaban J connectivity index is 1.55. The molecule has 1 N–H and O–H groups in total. The van der Waals surface area contributed by atoms with Gasteiger partial charge in [0.1, 0.15) is 23.1 Å². The Labute approximate surface area is 180 Å². The van der Waals surface area contributed by atoms with Crippen molar-refractivity contribution < 1.29 is 23.1 Å². The van der Waals surface area contributed by atoms with Gasteiger partial charge in [-0.3, -0.25) is 4.79 Å². The van der Waals surface area contributed by atoms with Crippen molar-refractivity contribution >= 4 is 17.8 Å². The topological polar surface area (TPSA) is 71.5 Å². The van der Waals surface area contributed by atoms with Crippen LogP contribution in [0.25, 0.3) is 0 Å². The van der Waals surface area contributed by atoms with Crippen LogP contribution >= 0.6 is 0 Å². The van der Waals surface area contributed by atoms with Gasteiger partial charge in [0, 0.05) is 24.8 Å². The van der Waals surface area contributed by atoms with Crippen LogP contribution in [0, 0.1) is 17.6 Å². The number of rotatable bonds is 4. The smallest absolute Gasteiger partial charge is 0.410 e. The summed E-state index contributed by atoms with van der Waals surface area (Å²) in [5.74, 6) is -1.70. The summed E-state index contributed by atoms with van der Waals surface area (Å²) < 4.78 is 32.3. The number of anilines is 1. The van der Waals surface area contributed by atoms with Crippen LogP contribution in [0.3, 0.4) is 0 Å². The molecule has 0 radical (unpaired) electrons. The number of amides is 2. The highest BCUT2D eigenvalue weighted by molar-refractivity contribution is 6.03. The highest BCUT2D eigenvalue weighted by atomic mass is 19.1. The van der Waals surface area contributed by atoms with Gasteiger partial charge in [0.2, 0.25) is 0 Å². The zero-order chi connectivity index (χ0) is 22.6. The third kappa shape index (κ3) is 6.47. The average molecular weight is 431 g/mol. The maximum absolute atomic E-state index is 13.8. The predicted octanol–water partition coefficient (Wildman–Crippen LogP) is 4.80. The van der Waals surface area contributed by atoms with Crippen LogP contribution in [0.5, 0.6) is 0 Å². The monoisotopic (exact) mass is 431 g/mol. The Hall–Kier alpha value is -3.03. The highest BCUT2D eigenvalue weighted by Crippen LogP contribution is 2.23. The number of benzene rings is 1. The lowest BCUT2D eigenvalue weighted by molar-refractivity contribution is 0.0184. The molecular weight excluding hydrogens is 404 g/mol. The normalized spacial score (nSPS) is 14.9. The Kier molecular flexibility index (Phi) is 6.87. The number of carbonyl (C=O) groups excluding carboxylic acids is 2. The molecule has 0 atom stereocenters. The first-order valence-corrected chi connectivity index (χ1v) is 10.3. The summed E-state index contributed by atoms with van der Waals surface area (Å²) in [6.07, 6.45) is 2.08. The highest BCUT2D eigenvalue weighted by Gasteiger charge is 2.27. The fourth-order valence-electron chi connectivity index (χ4n) is 3.46. The minimum Gasteiger partial charge on any atom is -0.444 e. The SMILES string of the molecule is CC(C)(C)OC(=O)N1CCC(Cc2cccc(NC(=O)c3ccc(F)cc3F)n2)CC1. The molecule has 0 unspecified atom stereocenters. The lowest BCUT2D eigenvalue weighted by Gasteiger charge is -2.33. The standard InChI is InChI=1S/C23H27F2N3O3/c1-23(2,3)31-22(30)28-11-9-15(10-12-28)13-17-5-4-6-20(26-17)27-21(29)18-8-7-16(24)14-19(18)25/h4-8,14-15H,9-13H2,1-3H3,(H,26,27,29). The first-order valence-electron chi connectivity index (χ1n) is 10.3. The number of pyridine rings is 1. The van der Waals surface area contributed by atoms with Gasteiger partial charge in [-0.1, -0.05) is 6.07 Å². The summed E-state index contributed by atoms with van der Waals surface area (Å²) in [7, 11) is 0. The molecule has 0 aliphatic carbocycles. The van der Waals surface area contributed by atoms with E-state index in [2.05, 4.69) is 10.3 Å². The molecule has 31 heavy (non-hydrogen) atoms. The molecule has 0 bridgehead atoms. The van der Waals surface area contributed by atoms with Crippen molar-refractivity contribution in [3.63, 3.8) is 0 Å². The molecular formula is C23H27F2N3O3. The van der Waals surface area contributed by atoms with E-state index in [0.29, 0.717) is 37.3 Å². The van der Waals surface area contributed by atoms with Gasteiger partial charge in [-0.05, 0) is 70.2 Å². The second kappa shape index (κ2) is 9.41. The summed E-state index contributed by atoms with van der Waals surface area (Å²) in [4.78, 5) is 30.6. The van der Waals surface area contributed by atoms with Crippen molar-refractivity contribution in [1.29, 1.82) is 0 Å². The van der Waals surface area contributed by atoms with Crippen LogP contribution < -0.4 is 5.32 Å². The fraction of sp³-hybridized carbons (Fsp3) is 0.435. The zero-order valence-corrected chi connectivity index (χ0v) is 18.0. The molecule has 0 saturated carbocycles. The van der Waals surface area contributed by atoms with Gasteiger partial charge in [0.05, 0.1) is 5.56 Å². The van der Waals surface area contributed by atoms with E-state index in [4.69, 9.17) is 4.74 Å². The van der Waals surface area contributed by atoms with E-state index in [9.17, 15) is 18.4 Å². The molecule has 1 fully saturated rings. The van der Waals surface area contributed by atoms with Crippen molar-refractivity contribution in [1.82, 2.24) is 9.88 Å². The van der Waals surface area contributed by atoms with Crippen LogP contribution in [-0.4, -0.2) is 40.6 Å². The molecule has 1 aromatic carbocycles. The quantitative estimate of drug-likeness (QED) is 0.755. The third-order valence-electron chi connectivity index (χ3n) is 4.99. The number of nitrogens with zero attached hydrogens (tertiary/aromatic N) is 2. The molecule has 2 amide bonds. The van der Waals surface area contributed by atoms with Crippen LogP contribution in [0.2, 0.25) is 0 Å². The Bertz CT molecular complexity index is 951. The summed E-state index contributed by atoms with van der Waals surface area (Å²) >= 11 is 0. The van der Waals surface area contributed by atoms with Crippen molar-refractivity contribution in [3.8, 4) is 0 Å². The Morgan fingerprint density at radius 1 is 1.16 bits per heavy atom. The summed E-state index contributed by atoms with van der Waals surface area (Å²) in [6.45, 7) is 6.79. The van der Waals surface area contributed by atoms with Crippen LogP contribution in [0.1, 0.15) is 49.7 Å². The first kappa shape index (κ1) is 22.7. The van der Waals surface area contributed by atoms with E-state index >= 15 is 0 Å². The third-order valence-corrected chi connectivity index (χ3v) is 4.99. The largest absolute Gasteiger partial charge is 0.444 e. The van der Waals surface area contributed by atoms with Crippen LogP contribution in [0.4, 0.5) is 19.4 Å². The van der Waals surface area contributed by atoms with Crippen LogP contribution in [0.15, 0.2) is 36.4 Å². The summed E-state index contributed by atoms with van der Waals surface area (Å²) in [6, 6.07) is 8.06. The minimum absolute atomic E-state index is 0.247. The van der Waals surface area contributed by atoms with Crippen molar-refractivity contribution in [2.75, 3.05) is 18.4 Å². The summed E-state index contributed by atoms with van der Waals surface area (Å²) in [5.41, 5.74) is 0.0377. The van der Waals surface area contributed by atoms with Gasteiger partial charge in [-0.25, -0.2) is 18.6 Å². The lowest BCUT2D eigenvalue weighted by atomic mass is 9.92. The maximum atomic E-state index is 13.8. The molecule has 8 heteroatoms. The van der Waals surface area contributed by atoms with E-state index in [1.807, 2.05) is 26.8 Å². The molecule has 3 rings (SSSR count). The molecule has 1 saturated heterocycles. The van der Waals surface area contributed by atoms with E-state index < -0.39 is 23.1 Å². The molecule has 2 aromatic rings. The molecule has 6 nitrogen and oxygen atoms in total. The first-order chi connectivity index (χ1) is 14.6. The van der Waals surface area contributed by atoms with Gasteiger partial charge in [0.25, 0.3) is 5.91 Å². The number of likely N-dealkylation sites (tertiary alicyclic amines) is 1. The maximum Gasteiger partial charge on any atom is 0.410 e. The second-order valence-corrected chi connectivity index (χ2v) is 8.71. The molecule has 1 aliphatic rings. The number of carbonyl (C=O) groups is 2. The number of aromatic nitrogens is 1. The second-order valence-electron chi connectivity index (χ2n) is 8.71. The van der Waals surface area contributed by atoms with Crippen molar-refractivity contribution in [3.05, 3.63) is 59.3 Å². The summed E-state index contributed by atoms with van der Waals surface area (Å²) in [5, 5.41) is 2.56. The molecule has 2 heterocycles. The van der Waals surface area contributed by atoms with E-state index in [1.165, 1.54) is 0 Å². The van der Waals surface area contributed by atoms with Crippen molar-refractivity contribution in [2.24, 2.45) is 5.92 Å². The number of ether oxygens (including phenoxy) is 1. The van der Waals surface area contributed by atoms with Gasteiger partial charge < -0.3 is 15.0 Å². The number of piperidine rings is 1. The lowest BCUT2D eigenvalue weighted by Crippen LogP contribution is -2.42. The van der Waals surface area contributed by atoms with Gasteiger partial charge >= 0.3 is 6.09 Å². The number of hydrogen-bond acceptors (Lipinski definition) is 4. The van der Waals surface area contributed by atoms with Crippen LogP contribution in [-0.2, 0) is 11.2 Å². The van der Waals surface area contributed by atoms with Gasteiger partial charge in [0.15, 0.2) is 0 Å². The molecule has 1 aromatic heterocycles. The van der Waals surface area contributed by atoms with Gasteiger partial charge in [-0.2, -0.15) is 0 Å². The van der Waals surface area contributed by atoms with Crippen molar-refractivity contribution in [2.45, 2.75) is 45.6 Å². The zero-order valence-electron chi connectivity index (χ0n) is 18.0. The number of halogens is 2. The average Bonchev–Trinajstić information content (AvgIpc) is 2.67. The van der Waals surface area contributed by atoms with E-state index in [1.54, 1.807) is 17.0 Å². The number of nitrogens with one attached hydrogen (secondary N) is 1. The minimum atomic E-state index is -0.926. The number of hydrogen-bond donors (Lipinski definition) is 1. The van der Waals surface area contributed by atoms with E-state index in [0.717, 1.165) is 30.7 Å². The molecule has 0 spiro atoms.